The lowest BCUT2D eigenvalue weighted by Crippen LogP contribution is -2.49. The zero-order valence-corrected chi connectivity index (χ0v) is 17.6. The monoisotopic (exact) mass is 407 g/mol. The van der Waals surface area contributed by atoms with Gasteiger partial charge in [-0.1, -0.05) is 35.9 Å². The van der Waals surface area contributed by atoms with Crippen molar-refractivity contribution >= 4 is 11.8 Å². The highest BCUT2D eigenvalue weighted by atomic mass is 16.3. The van der Waals surface area contributed by atoms with E-state index in [-0.39, 0.29) is 24.3 Å². The second-order valence-corrected chi connectivity index (χ2v) is 8.76. The first-order chi connectivity index (χ1) is 14.4. The number of hydrogen-bond acceptors (Lipinski definition) is 4. The Morgan fingerprint density at radius 3 is 2.67 bits per heavy atom. The number of hydrogen-bond donors (Lipinski definition) is 1. The molecule has 2 atom stereocenters. The van der Waals surface area contributed by atoms with Crippen molar-refractivity contribution in [2.75, 3.05) is 20.1 Å². The van der Waals surface area contributed by atoms with Crippen LogP contribution in [0.15, 0.2) is 48.8 Å². The molecule has 0 saturated carbocycles. The van der Waals surface area contributed by atoms with Crippen LogP contribution in [0, 0.1) is 12.8 Å². The fourth-order valence-electron chi connectivity index (χ4n) is 4.85. The third kappa shape index (κ3) is 4.10. The summed E-state index contributed by atoms with van der Waals surface area (Å²) in [5.41, 5.74) is 2.39. The quantitative estimate of drug-likeness (QED) is 0.845. The highest BCUT2D eigenvalue weighted by Crippen LogP contribution is 2.38. The van der Waals surface area contributed by atoms with E-state index in [0.29, 0.717) is 32.4 Å². The molecule has 2 aliphatic heterocycles. The number of nitrogens with zero attached hydrogens (tertiary/aromatic N) is 3. The molecule has 0 unspecified atom stereocenters. The molecule has 2 fully saturated rings. The molecule has 1 N–H and O–H groups in total. The standard InChI is InChI=1S/C24H29N3O3/c1-17-5-3-6-18(13-17)15-24(30)8-11-27(12-9-24)23(29)20-14-21(28)26(2)22(20)19-7-4-10-25-16-19/h3-7,10,13,16,20,22,30H,8-9,11-12,14-15H2,1-2H3/t20-,22-/m0/s1. The van der Waals surface area contributed by atoms with Crippen LogP contribution in [-0.4, -0.2) is 57.4 Å². The average Bonchev–Trinajstić information content (AvgIpc) is 3.03. The Balaban J connectivity index is 1.44. The molecule has 1 aromatic heterocycles. The maximum absolute atomic E-state index is 13.3. The SMILES string of the molecule is Cc1cccc(CC2(O)CCN(C(=O)[C@H]3CC(=O)N(C)[C@H]3c3cccnc3)CC2)c1. The Bertz CT molecular complexity index is 922. The number of carbonyl (C=O) groups is 2. The van der Waals surface area contributed by atoms with Crippen LogP contribution in [0.3, 0.4) is 0 Å². The van der Waals surface area contributed by atoms with Crippen LogP contribution >= 0.6 is 0 Å². The third-order valence-electron chi connectivity index (χ3n) is 6.55. The summed E-state index contributed by atoms with van der Waals surface area (Å²) >= 11 is 0. The van der Waals surface area contributed by atoms with Gasteiger partial charge in [-0.3, -0.25) is 14.6 Å². The lowest BCUT2D eigenvalue weighted by atomic mass is 9.84. The van der Waals surface area contributed by atoms with Crippen molar-refractivity contribution in [1.82, 2.24) is 14.8 Å². The normalized spacial score (nSPS) is 23.6. The van der Waals surface area contributed by atoms with Crippen molar-refractivity contribution in [3.8, 4) is 0 Å². The lowest BCUT2D eigenvalue weighted by Gasteiger charge is -2.40. The van der Waals surface area contributed by atoms with Gasteiger partial charge in [0.05, 0.1) is 17.6 Å². The predicted molar refractivity (Wildman–Crippen MR) is 114 cm³/mol. The van der Waals surface area contributed by atoms with Gasteiger partial charge in [0.2, 0.25) is 11.8 Å². The minimum Gasteiger partial charge on any atom is -0.389 e. The number of piperidine rings is 1. The highest BCUT2D eigenvalue weighted by molar-refractivity contribution is 5.90. The molecule has 2 amide bonds. The number of carbonyl (C=O) groups excluding carboxylic acids is 2. The Kier molecular flexibility index (Phi) is 5.60. The molecule has 4 rings (SSSR count). The molecular formula is C24H29N3O3. The van der Waals surface area contributed by atoms with Crippen molar-refractivity contribution < 1.29 is 14.7 Å². The Labute approximate surface area is 177 Å². The molecule has 2 aliphatic rings. The summed E-state index contributed by atoms with van der Waals surface area (Å²) in [7, 11) is 1.75. The fraction of sp³-hybridized carbons (Fsp3) is 0.458. The summed E-state index contributed by atoms with van der Waals surface area (Å²) in [4.78, 5) is 33.4. The molecule has 1 aromatic carbocycles. The number of benzene rings is 1. The first-order valence-electron chi connectivity index (χ1n) is 10.6. The van der Waals surface area contributed by atoms with Crippen molar-refractivity contribution in [3.63, 3.8) is 0 Å². The second-order valence-electron chi connectivity index (χ2n) is 8.76. The number of aliphatic hydroxyl groups is 1. The van der Waals surface area contributed by atoms with Crippen LogP contribution in [0.4, 0.5) is 0 Å². The van der Waals surface area contributed by atoms with Crippen LogP contribution in [0.1, 0.15) is 42.0 Å². The molecule has 6 nitrogen and oxygen atoms in total. The first kappa shape index (κ1) is 20.5. The number of likely N-dealkylation sites (tertiary alicyclic amines) is 2. The summed E-state index contributed by atoms with van der Waals surface area (Å²) in [5.74, 6) is -0.427. The van der Waals surface area contributed by atoms with Crippen molar-refractivity contribution in [2.24, 2.45) is 5.92 Å². The van der Waals surface area contributed by atoms with Gasteiger partial charge in [0.1, 0.15) is 0 Å². The number of aromatic nitrogens is 1. The van der Waals surface area contributed by atoms with Gasteiger partial charge in [0.25, 0.3) is 0 Å². The van der Waals surface area contributed by atoms with E-state index in [1.807, 2.05) is 42.2 Å². The van der Waals surface area contributed by atoms with Gasteiger partial charge in [0, 0.05) is 45.4 Å². The average molecular weight is 408 g/mol. The van der Waals surface area contributed by atoms with E-state index < -0.39 is 11.5 Å². The number of pyridine rings is 1. The zero-order valence-electron chi connectivity index (χ0n) is 17.6. The molecule has 3 heterocycles. The lowest BCUT2D eigenvalue weighted by molar-refractivity contribution is -0.140. The van der Waals surface area contributed by atoms with E-state index in [4.69, 9.17) is 0 Å². The van der Waals surface area contributed by atoms with Gasteiger partial charge >= 0.3 is 0 Å². The van der Waals surface area contributed by atoms with Crippen molar-refractivity contribution in [2.45, 2.75) is 44.2 Å². The van der Waals surface area contributed by atoms with Crippen LogP contribution in [0.5, 0.6) is 0 Å². The minimum absolute atomic E-state index is 0.000779. The summed E-state index contributed by atoms with van der Waals surface area (Å²) in [6.07, 6.45) is 5.33. The second kappa shape index (κ2) is 8.19. The van der Waals surface area contributed by atoms with E-state index in [0.717, 1.165) is 11.1 Å². The molecule has 0 aliphatic carbocycles. The Hall–Kier alpha value is -2.73. The molecule has 2 aromatic rings. The van der Waals surface area contributed by atoms with Gasteiger partial charge in [-0.25, -0.2) is 0 Å². The number of rotatable bonds is 4. The maximum Gasteiger partial charge on any atom is 0.228 e. The van der Waals surface area contributed by atoms with E-state index in [9.17, 15) is 14.7 Å². The summed E-state index contributed by atoms with van der Waals surface area (Å²) < 4.78 is 0. The topological polar surface area (TPSA) is 73.7 Å². The number of aryl methyl sites for hydroxylation is 1. The van der Waals surface area contributed by atoms with Crippen molar-refractivity contribution in [3.05, 3.63) is 65.5 Å². The van der Waals surface area contributed by atoms with Crippen LogP contribution in [-0.2, 0) is 16.0 Å². The minimum atomic E-state index is -0.796. The van der Waals surface area contributed by atoms with Crippen LogP contribution in [0.25, 0.3) is 0 Å². The predicted octanol–water partition coefficient (Wildman–Crippen LogP) is 2.51. The van der Waals surface area contributed by atoms with E-state index in [1.165, 1.54) is 5.56 Å². The molecule has 0 spiro atoms. The van der Waals surface area contributed by atoms with Gasteiger partial charge in [0.15, 0.2) is 0 Å². The van der Waals surface area contributed by atoms with Gasteiger partial charge in [-0.2, -0.15) is 0 Å². The summed E-state index contributed by atoms with van der Waals surface area (Å²) in [6, 6.07) is 11.7. The highest BCUT2D eigenvalue weighted by Gasteiger charge is 2.45. The fourth-order valence-corrected chi connectivity index (χ4v) is 4.85. The molecule has 6 heteroatoms. The van der Waals surface area contributed by atoms with E-state index in [1.54, 1.807) is 24.3 Å². The van der Waals surface area contributed by atoms with Gasteiger partial charge in [-0.05, 0) is 37.0 Å². The Morgan fingerprint density at radius 2 is 2.00 bits per heavy atom. The molecular weight excluding hydrogens is 378 g/mol. The maximum atomic E-state index is 13.3. The molecule has 0 bridgehead atoms. The summed E-state index contributed by atoms with van der Waals surface area (Å²) in [6.45, 7) is 3.07. The van der Waals surface area contributed by atoms with Crippen LogP contribution < -0.4 is 0 Å². The molecule has 0 radical (unpaired) electrons. The summed E-state index contributed by atoms with van der Waals surface area (Å²) in [5, 5.41) is 11.1. The van der Waals surface area contributed by atoms with Gasteiger partial charge in [-0.15, -0.1) is 0 Å². The van der Waals surface area contributed by atoms with Crippen LogP contribution in [0.2, 0.25) is 0 Å². The van der Waals surface area contributed by atoms with E-state index in [2.05, 4.69) is 11.1 Å². The van der Waals surface area contributed by atoms with E-state index >= 15 is 0 Å². The third-order valence-corrected chi connectivity index (χ3v) is 6.55. The largest absolute Gasteiger partial charge is 0.389 e. The zero-order chi connectivity index (χ0) is 21.3. The number of amides is 2. The molecule has 30 heavy (non-hydrogen) atoms. The van der Waals surface area contributed by atoms with Crippen molar-refractivity contribution in [1.29, 1.82) is 0 Å². The molecule has 158 valence electrons. The smallest absolute Gasteiger partial charge is 0.228 e. The van der Waals surface area contributed by atoms with Gasteiger partial charge < -0.3 is 14.9 Å². The first-order valence-corrected chi connectivity index (χ1v) is 10.6. The molecule has 2 saturated heterocycles. The Morgan fingerprint density at radius 1 is 1.23 bits per heavy atom.